The Balaban J connectivity index is 2.20. The minimum atomic E-state index is -0.00579. The van der Waals surface area contributed by atoms with Gasteiger partial charge in [0.1, 0.15) is 0 Å². The Morgan fingerprint density at radius 2 is 2.20 bits per heavy atom. The molecule has 0 bridgehead atoms. The van der Waals surface area contributed by atoms with E-state index in [1.165, 1.54) is 12.8 Å². The molecule has 0 saturated heterocycles. The van der Waals surface area contributed by atoms with E-state index in [1.54, 1.807) is 0 Å². The molecule has 0 aromatic rings. The highest BCUT2D eigenvalue weighted by molar-refractivity contribution is 4.82. The van der Waals surface area contributed by atoms with Gasteiger partial charge in [-0.15, -0.1) is 0 Å². The quantitative estimate of drug-likeness (QED) is 0.640. The molecule has 1 rings (SSSR count). The molecule has 3 atom stereocenters. The molecule has 0 amide bonds. The summed E-state index contributed by atoms with van der Waals surface area (Å²) < 4.78 is 0. The zero-order valence-electron chi connectivity index (χ0n) is 7.01. The van der Waals surface area contributed by atoms with Crippen molar-refractivity contribution in [3.8, 4) is 0 Å². The van der Waals surface area contributed by atoms with Gasteiger partial charge in [-0.2, -0.15) is 0 Å². The van der Waals surface area contributed by atoms with Crippen LogP contribution < -0.4 is 0 Å². The Bertz CT molecular complexity index is 101. The summed E-state index contributed by atoms with van der Waals surface area (Å²) in [6.07, 6.45) is 4.68. The number of hydrogen-bond donors (Lipinski definition) is 1. The lowest BCUT2D eigenvalue weighted by Crippen LogP contribution is -2.34. The van der Waals surface area contributed by atoms with Crippen LogP contribution >= 0.6 is 0 Å². The molecule has 0 aromatic heterocycles. The second-order valence-electron chi connectivity index (χ2n) is 3.57. The van der Waals surface area contributed by atoms with Crippen LogP contribution in [0.3, 0.4) is 0 Å². The average Bonchev–Trinajstić information content (AvgIpc) is 1.85. The van der Waals surface area contributed by atoms with Crippen molar-refractivity contribution < 1.29 is 5.11 Å². The van der Waals surface area contributed by atoms with E-state index < -0.39 is 0 Å². The van der Waals surface area contributed by atoms with Gasteiger partial charge in [-0.1, -0.05) is 20.3 Å². The zero-order chi connectivity index (χ0) is 7.56. The van der Waals surface area contributed by atoms with Crippen LogP contribution in [0, 0.1) is 11.8 Å². The molecule has 1 aliphatic rings. The fourth-order valence-corrected chi connectivity index (χ4v) is 1.77. The largest absolute Gasteiger partial charge is 0.393 e. The molecule has 1 nitrogen and oxygen atoms in total. The number of aliphatic hydroxyl groups excluding tert-OH is 1. The highest BCUT2D eigenvalue weighted by atomic mass is 16.3. The van der Waals surface area contributed by atoms with Gasteiger partial charge in [-0.05, 0) is 31.1 Å². The summed E-state index contributed by atoms with van der Waals surface area (Å²) in [6.45, 7) is 4.37. The predicted molar refractivity (Wildman–Crippen MR) is 42.8 cm³/mol. The van der Waals surface area contributed by atoms with Gasteiger partial charge in [0, 0.05) is 0 Å². The Labute approximate surface area is 63.4 Å². The van der Waals surface area contributed by atoms with Gasteiger partial charge in [-0.25, -0.2) is 0 Å². The van der Waals surface area contributed by atoms with E-state index in [4.69, 9.17) is 0 Å². The molecule has 1 aliphatic carbocycles. The Hall–Kier alpha value is -0.0400. The lowest BCUT2D eigenvalue weighted by atomic mass is 9.71. The monoisotopic (exact) mass is 142 g/mol. The van der Waals surface area contributed by atoms with Gasteiger partial charge in [0.15, 0.2) is 0 Å². The fourth-order valence-electron chi connectivity index (χ4n) is 1.77. The topological polar surface area (TPSA) is 20.2 Å². The standard InChI is InChI=1S/C9H18O/c1-3-4-9(10)8-6-5-7(8)2/h7-10H,3-6H2,1-2H3. The third kappa shape index (κ3) is 1.51. The molecule has 0 aromatic carbocycles. The van der Waals surface area contributed by atoms with Crippen LogP contribution in [-0.4, -0.2) is 11.2 Å². The molecule has 1 saturated carbocycles. The van der Waals surface area contributed by atoms with Crippen LogP contribution in [0.25, 0.3) is 0 Å². The maximum absolute atomic E-state index is 9.54. The van der Waals surface area contributed by atoms with Gasteiger partial charge in [0.2, 0.25) is 0 Å². The molecular formula is C9H18O. The Kier molecular flexibility index (Phi) is 2.72. The first-order valence-electron chi connectivity index (χ1n) is 4.43. The maximum atomic E-state index is 9.54. The summed E-state index contributed by atoms with van der Waals surface area (Å²) in [5.41, 5.74) is 0. The fraction of sp³-hybridized carbons (Fsp3) is 1.00. The van der Waals surface area contributed by atoms with Crippen LogP contribution in [0.2, 0.25) is 0 Å². The van der Waals surface area contributed by atoms with Gasteiger partial charge in [-0.3, -0.25) is 0 Å². The summed E-state index contributed by atoms with van der Waals surface area (Å²) in [4.78, 5) is 0. The molecule has 0 radical (unpaired) electrons. The lowest BCUT2D eigenvalue weighted by molar-refractivity contribution is 0.0152. The SMILES string of the molecule is CCCC(O)C1CCC1C. The number of hydrogen-bond acceptors (Lipinski definition) is 1. The van der Waals surface area contributed by atoms with Crippen LogP contribution in [0.1, 0.15) is 39.5 Å². The molecule has 10 heavy (non-hydrogen) atoms. The summed E-state index contributed by atoms with van der Waals surface area (Å²) >= 11 is 0. The second-order valence-corrected chi connectivity index (χ2v) is 3.57. The third-order valence-corrected chi connectivity index (χ3v) is 2.76. The molecular weight excluding hydrogens is 124 g/mol. The van der Waals surface area contributed by atoms with Gasteiger partial charge < -0.3 is 5.11 Å². The first-order chi connectivity index (χ1) is 4.75. The van der Waals surface area contributed by atoms with Crippen molar-refractivity contribution in [1.82, 2.24) is 0 Å². The third-order valence-electron chi connectivity index (χ3n) is 2.76. The van der Waals surface area contributed by atoms with E-state index >= 15 is 0 Å². The van der Waals surface area contributed by atoms with Crippen LogP contribution in [-0.2, 0) is 0 Å². The summed E-state index contributed by atoms with van der Waals surface area (Å²) in [7, 11) is 0. The molecule has 1 fully saturated rings. The van der Waals surface area contributed by atoms with Crippen LogP contribution in [0.15, 0.2) is 0 Å². The van der Waals surface area contributed by atoms with E-state index in [0.717, 1.165) is 18.8 Å². The van der Waals surface area contributed by atoms with Crippen molar-refractivity contribution in [1.29, 1.82) is 0 Å². The van der Waals surface area contributed by atoms with Crippen LogP contribution in [0.5, 0.6) is 0 Å². The van der Waals surface area contributed by atoms with E-state index in [9.17, 15) is 5.11 Å². The van der Waals surface area contributed by atoms with Crippen molar-refractivity contribution in [2.24, 2.45) is 11.8 Å². The number of aliphatic hydroxyl groups is 1. The highest BCUT2D eigenvalue weighted by Crippen LogP contribution is 2.37. The van der Waals surface area contributed by atoms with Crippen molar-refractivity contribution in [2.45, 2.75) is 45.6 Å². The molecule has 0 heterocycles. The highest BCUT2D eigenvalue weighted by Gasteiger charge is 2.31. The van der Waals surface area contributed by atoms with Gasteiger partial charge >= 0.3 is 0 Å². The summed E-state index contributed by atoms with van der Waals surface area (Å²) in [5, 5.41) is 9.54. The number of rotatable bonds is 3. The first-order valence-corrected chi connectivity index (χ1v) is 4.43. The van der Waals surface area contributed by atoms with Crippen molar-refractivity contribution >= 4 is 0 Å². The van der Waals surface area contributed by atoms with Gasteiger partial charge in [0.05, 0.1) is 6.10 Å². The summed E-state index contributed by atoms with van der Waals surface area (Å²) in [5.74, 6) is 1.40. The zero-order valence-corrected chi connectivity index (χ0v) is 7.01. The molecule has 1 heteroatoms. The van der Waals surface area contributed by atoms with Gasteiger partial charge in [0.25, 0.3) is 0 Å². The van der Waals surface area contributed by atoms with Crippen molar-refractivity contribution in [2.75, 3.05) is 0 Å². The molecule has 0 aliphatic heterocycles. The van der Waals surface area contributed by atoms with E-state index in [0.29, 0.717) is 5.92 Å². The Morgan fingerprint density at radius 1 is 1.50 bits per heavy atom. The smallest absolute Gasteiger partial charge is 0.0570 e. The minimum absolute atomic E-state index is 0.00579. The predicted octanol–water partition coefficient (Wildman–Crippen LogP) is 2.19. The normalized spacial score (nSPS) is 35.1. The summed E-state index contributed by atoms with van der Waals surface area (Å²) in [6, 6.07) is 0. The lowest BCUT2D eigenvalue weighted by Gasteiger charge is -2.37. The van der Waals surface area contributed by atoms with E-state index in [1.807, 2.05) is 0 Å². The first kappa shape index (κ1) is 8.06. The average molecular weight is 142 g/mol. The van der Waals surface area contributed by atoms with Crippen molar-refractivity contribution in [3.05, 3.63) is 0 Å². The van der Waals surface area contributed by atoms with Crippen molar-refractivity contribution in [3.63, 3.8) is 0 Å². The Morgan fingerprint density at radius 3 is 2.50 bits per heavy atom. The molecule has 3 unspecified atom stereocenters. The second kappa shape index (κ2) is 3.38. The van der Waals surface area contributed by atoms with Crippen LogP contribution in [0.4, 0.5) is 0 Å². The van der Waals surface area contributed by atoms with E-state index in [2.05, 4.69) is 13.8 Å². The molecule has 0 spiro atoms. The molecule has 60 valence electrons. The minimum Gasteiger partial charge on any atom is -0.393 e. The maximum Gasteiger partial charge on any atom is 0.0570 e. The van der Waals surface area contributed by atoms with E-state index in [-0.39, 0.29) is 6.10 Å². The molecule has 1 N–H and O–H groups in total.